The van der Waals surface area contributed by atoms with Gasteiger partial charge in [0.1, 0.15) is 11.2 Å². The highest BCUT2D eigenvalue weighted by atomic mass is 35.5. The molecule has 1 saturated heterocycles. The van der Waals surface area contributed by atoms with Gasteiger partial charge in [-0.05, 0) is 92.9 Å². The second-order valence-corrected chi connectivity index (χ2v) is 10.4. The molecule has 1 amide bonds. The monoisotopic (exact) mass is 563 g/mol. The first kappa shape index (κ1) is 26.6. The number of rotatable bonds is 5. The molecule has 2 heterocycles. The number of halogens is 1. The molecule has 0 radical (unpaired) electrons. The van der Waals surface area contributed by atoms with Gasteiger partial charge in [-0.2, -0.15) is 0 Å². The molecule has 2 N–H and O–H groups in total. The van der Waals surface area contributed by atoms with Gasteiger partial charge in [0.2, 0.25) is 5.89 Å². The van der Waals surface area contributed by atoms with Crippen molar-refractivity contribution in [2.45, 2.75) is 33.1 Å². The Labute approximate surface area is 235 Å². The van der Waals surface area contributed by atoms with E-state index in [4.69, 9.17) is 28.2 Å². The number of aromatic nitrogens is 1. The maximum atomic E-state index is 12.9. The standard InChI is InChI=1S/C28H26ClN5O4S/c1-16-12-17(2)25-22(13-16)31-27(38-25)20-15-19(7-8-21(20)29)30-28(39)32-26(35)18-6-9-23(24(14-18)34(36)37)33-10-4-3-5-11-33/h6-9,12-15H,3-5,10-11H2,1-2H3,(H2,30,32,35,39). The number of piperidine rings is 1. The van der Waals surface area contributed by atoms with E-state index in [9.17, 15) is 14.9 Å². The van der Waals surface area contributed by atoms with E-state index in [1.165, 1.54) is 6.07 Å². The van der Waals surface area contributed by atoms with Crippen molar-refractivity contribution in [1.82, 2.24) is 10.3 Å². The number of fused-ring (bicyclic) bond motifs is 1. The Morgan fingerprint density at radius 3 is 2.62 bits per heavy atom. The summed E-state index contributed by atoms with van der Waals surface area (Å²) in [6, 6.07) is 13.6. The van der Waals surface area contributed by atoms with E-state index in [0.717, 1.165) is 49.0 Å². The van der Waals surface area contributed by atoms with Crippen molar-refractivity contribution < 1.29 is 14.1 Å². The van der Waals surface area contributed by atoms with Gasteiger partial charge in [0.05, 0.1) is 15.5 Å². The van der Waals surface area contributed by atoms with Gasteiger partial charge >= 0.3 is 0 Å². The van der Waals surface area contributed by atoms with Crippen LogP contribution in [-0.4, -0.2) is 34.0 Å². The third kappa shape index (κ3) is 5.71. The number of nitrogens with one attached hydrogen (secondary N) is 2. The Kier molecular flexibility index (Phi) is 7.49. The molecule has 0 unspecified atom stereocenters. The number of carbonyl (C=O) groups is 1. The SMILES string of the molecule is Cc1cc(C)c2oc(-c3cc(NC(=S)NC(=O)c4ccc(N5CCCCC5)c([N+](=O)[O-])c4)ccc3Cl)nc2c1. The Hall–Kier alpha value is -4.02. The fourth-order valence-electron chi connectivity index (χ4n) is 4.81. The van der Waals surface area contributed by atoms with Crippen LogP contribution in [0.1, 0.15) is 40.7 Å². The predicted octanol–water partition coefficient (Wildman–Crippen LogP) is 6.79. The zero-order valence-corrected chi connectivity index (χ0v) is 23.0. The number of nitro benzene ring substituents is 1. The summed E-state index contributed by atoms with van der Waals surface area (Å²) in [5.74, 6) is -0.191. The van der Waals surface area contributed by atoms with Crippen molar-refractivity contribution in [1.29, 1.82) is 0 Å². The summed E-state index contributed by atoms with van der Waals surface area (Å²) in [6.45, 7) is 5.47. The summed E-state index contributed by atoms with van der Waals surface area (Å²) >= 11 is 11.8. The number of hydrogen-bond acceptors (Lipinski definition) is 7. The molecule has 3 aromatic carbocycles. The lowest BCUT2D eigenvalue weighted by Crippen LogP contribution is -2.34. The number of oxazole rings is 1. The third-order valence-corrected chi connectivity index (χ3v) is 7.17. The summed E-state index contributed by atoms with van der Waals surface area (Å²) in [4.78, 5) is 30.8. The third-order valence-electron chi connectivity index (χ3n) is 6.63. The number of amides is 1. The minimum Gasteiger partial charge on any atom is -0.436 e. The molecular weight excluding hydrogens is 538 g/mol. The molecule has 11 heteroatoms. The fourth-order valence-corrected chi connectivity index (χ4v) is 5.22. The topological polar surface area (TPSA) is 114 Å². The van der Waals surface area contributed by atoms with E-state index in [2.05, 4.69) is 15.6 Å². The van der Waals surface area contributed by atoms with Gasteiger partial charge in [-0.3, -0.25) is 20.2 Å². The zero-order chi connectivity index (χ0) is 27.7. The van der Waals surface area contributed by atoms with Crippen LogP contribution in [0, 0.1) is 24.0 Å². The van der Waals surface area contributed by atoms with E-state index in [0.29, 0.717) is 33.4 Å². The first-order chi connectivity index (χ1) is 18.7. The van der Waals surface area contributed by atoms with Crippen LogP contribution >= 0.6 is 23.8 Å². The maximum absolute atomic E-state index is 12.9. The Morgan fingerprint density at radius 1 is 1.10 bits per heavy atom. The van der Waals surface area contributed by atoms with Gasteiger partial charge in [0.15, 0.2) is 10.7 Å². The van der Waals surface area contributed by atoms with Crippen LogP contribution < -0.4 is 15.5 Å². The highest BCUT2D eigenvalue weighted by Gasteiger charge is 2.23. The largest absolute Gasteiger partial charge is 0.436 e. The molecule has 200 valence electrons. The van der Waals surface area contributed by atoms with Gasteiger partial charge in [-0.15, -0.1) is 0 Å². The normalized spacial score (nSPS) is 13.4. The van der Waals surface area contributed by atoms with Crippen molar-refractivity contribution in [2.75, 3.05) is 23.3 Å². The molecule has 1 fully saturated rings. The lowest BCUT2D eigenvalue weighted by molar-refractivity contribution is -0.384. The van der Waals surface area contributed by atoms with Crippen LogP contribution in [0.25, 0.3) is 22.6 Å². The quantitative estimate of drug-likeness (QED) is 0.155. The van der Waals surface area contributed by atoms with Gasteiger partial charge < -0.3 is 14.6 Å². The number of carbonyl (C=O) groups excluding carboxylic acids is 1. The van der Waals surface area contributed by atoms with Crippen molar-refractivity contribution in [3.05, 3.63) is 80.4 Å². The summed E-state index contributed by atoms with van der Waals surface area (Å²) in [5, 5.41) is 17.8. The summed E-state index contributed by atoms with van der Waals surface area (Å²) in [5.41, 5.74) is 5.16. The maximum Gasteiger partial charge on any atom is 0.293 e. The predicted molar refractivity (Wildman–Crippen MR) is 157 cm³/mol. The minimum atomic E-state index is -0.556. The van der Waals surface area contributed by atoms with Gasteiger partial charge in [-0.25, -0.2) is 4.98 Å². The molecule has 0 aliphatic carbocycles. The Balaban J connectivity index is 1.32. The van der Waals surface area contributed by atoms with Crippen molar-refractivity contribution in [2.24, 2.45) is 0 Å². The first-order valence-corrected chi connectivity index (χ1v) is 13.3. The second kappa shape index (κ2) is 11.0. The Morgan fingerprint density at radius 2 is 1.87 bits per heavy atom. The van der Waals surface area contributed by atoms with Crippen LogP contribution in [0.4, 0.5) is 17.1 Å². The molecule has 39 heavy (non-hydrogen) atoms. The minimum absolute atomic E-state index is 0.0278. The van der Waals surface area contributed by atoms with E-state index in [1.54, 1.807) is 30.3 Å². The number of hydrogen-bond donors (Lipinski definition) is 2. The fraction of sp³-hybridized carbons (Fsp3) is 0.250. The van der Waals surface area contributed by atoms with Crippen LogP contribution in [0.5, 0.6) is 0 Å². The van der Waals surface area contributed by atoms with Gasteiger partial charge in [0, 0.05) is 30.4 Å². The number of thiocarbonyl (C=S) groups is 1. The number of anilines is 2. The van der Waals surface area contributed by atoms with Gasteiger partial charge in [0.25, 0.3) is 11.6 Å². The summed E-state index contributed by atoms with van der Waals surface area (Å²) < 4.78 is 6.00. The van der Waals surface area contributed by atoms with Crippen molar-refractivity contribution in [3.63, 3.8) is 0 Å². The molecule has 9 nitrogen and oxygen atoms in total. The average molecular weight is 564 g/mol. The summed E-state index contributed by atoms with van der Waals surface area (Å²) in [7, 11) is 0. The average Bonchev–Trinajstić information content (AvgIpc) is 3.34. The Bertz CT molecular complexity index is 1610. The molecular formula is C28H26ClN5O4S. The van der Waals surface area contributed by atoms with E-state index in [1.807, 2.05) is 30.9 Å². The molecule has 0 atom stereocenters. The molecule has 4 aromatic rings. The smallest absolute Gasteiger partial charge is 0.293 e. The van der Waals surface area contributed by atoms with E-state index < -0.39 is 10.8 Å². The molecule has 1 aliphatic heterocycles. The summed E-state index contributed by atoms with van der Waals surface area (Å²) in [6.07, 6.45) is 3.08. The van der Waals surface area contributed by atoms with Gasteiger partial charge in [-0.1, -0.05) is 17.7 Å². The van der Waals surface area contributed by atoms with E-state index >= 15 is 0 Å². The highest BCUT2D eigenvalue weighted by molar-refractivity contribution is 7.80. The lowest BCUT2D eigenvalue weighted by Gasteiger charge is -2.28. The van der Waals surface area contributed by atoms with Crippen molar-refractivity contribution in [3.8, 4) is 11.5 Å². The zero-order valence-electron chi connectivity index (χ0n) is 21.4. The molecule has 5 rings (SSSR count). The number of aryl methyl sites for hydroxylation is 2. The van der Waals surface area contributed by atoms with Crippen LogP contribution in [0.15, 0.2) is 52.9 Å². The molecule has 1 aliphatic rings. The number of benzene rings is 3. The molecule has 0 saturated carbocycles. The van der Waals surface area contributed by atoms with Crippen LogP contribution in [0.2, 0.25) is 5.02 Å². The van der Waals surface area contributed by atoms with Crippen molar-refractivity contribution >= 4 is 63.0 Å². The molecule has 1 aromatic heterocycles. The van der Waals surface area contributed by atoms with E-state index in [-0.39, 0.29) is 16.4 Å². The lowest BCUT2D eigenvalue weighted by atomic mass is 10.1. The molecule has 0 spiro atoms. The molecule has 0 bridgehead atoms. The number of nitro groups is 1. The van der Waals surface area contributed by atoms with Crippen LogP contribution in [0.3, 0.4) is 0 Å². The second-order valence-electron chi connectivity index (χ2n) is 9.56. The van der Waals surface area contributed by atoms with Crippen LogP contribution in [-0.2, 0) is 0 Å². The first-order valence-electron chi connectivity index (χ1n) is 12.5. The number of nitrogens with zero attached hydrogens (tertiary/aromatic N) is 3. The highest BCUT2D eigenvalue weighted by Crippen LogP contribution is 2.34.